The molecule has 0 saturated carbocycles. The van der Waals surface area contributed by atoms with Gasteiger partial charge in [-0.05, 0) is 24.5 Å². The zero-order valence-electron chi connectivity index (χ0n) is 8.99. The number of rotatable bonds is 5. The maximum atomic E-state index is 5.53. The summed E-state index contributed by atoms with van der Waals surface area (Å²) in [4.78, 5) is 0. The number of nitrogens with two attached hydrogens (primary N) is 1. The zero-order valence-corrected chi connectivity index (χ0v) is 8.99. The van der Waals surface area contributed by atoms with Gasteiger partial charge in [0.25, 0.3) is 0 Å². The van der Waals surface area contributed by atoms with Gasteiger partial charge in [-0.3, -0.25) is 0 Å². The molecule has 1 aromatic rings. The van der Waals surface area contributed by atoms with Gasteiger partial charge in [-0.2, -0.15) is 0 Å². The molecule has 0 aliphatic rings. The minimum Gasteiger partial charge on any atom is -0.373 e. The first-order valence-electron chi connectivity index (χ1n) is 5.18. The minimum atomic E-state index is 0.143. The normalized spacial score (nSPS) is 12.8. The molecule has 0 amide bonds. The molecule has 2 heteroatoms. The van der Waals surface area contributed by atoms with Gasteiger partial charge in [-0.25, -0.2) is 0 Å². The topological polar surface area (TPSA) is 35.2 Å². The molecule has 0 aliphatic heterocycles. The summed E-state index contributed by atoms with van der Waals surface area (Å²) in [6.45, 7) is 5.41. The number of hydrogen-bond donors (Lipinski definition) is 1. The standard InChI is InChI=1S/C12H19NO/c1-3-11-4-6-12(7-5-11)10(2)14-9-8-13/h4-7,10H,3,8-9,13H2,1-2H3/t10-/m1/s1. The average molecular weight is 193 g/mol. The Morgan fingerprint density at radius 2 is 1.93 bits per heavy atom. The maximum Gasteiger partial charge on any atom is 0.0797 e. The van der Waals surface area contributed by atoms with Gasteiger partial charge in [0.2, 0.25) is 0 Å². The van der Waals surface area contributed by atoms with Crippen LogP contribution in [0, 0.1) is 0 Å². The maximum absolute atomic E-state index is 5.53. The molecule has 0 bridgehead atoms. The second-order valence-corrected chi connectivity index (χ2v) is 3.40. The van der Waals surface area contributed by atoms with Crippen molar-refractivity contribution in [2.75, 3.05) is 13.2 Å². The highest BCUT2D eigenvalue weighted by Crippen LogP contribution is 2.16. The van der Waals surface area contributed by atoms with E-state index in [1.165, 1.54) is 11.1 Å². The lowest BCUT2D eigenvalue weighted by molar-refractivity contribution is 0.0718. The first-order chi connectivity index (χ1) is 6.77. The fraction of sp³-hybridized carbons (Fsp3) is 0.500. The van der Waals surface area contributed by atoms with E-state index in [4.69, 9.17) is 10.5 Å². The van der Waals surface area contributed by atoms with E-state index < -0.39 is 0 Å². The van der Waals surface area contributed by atoms with Crippen LogP contribution >= 0.6 is 0 Å². The van der Waals surface area contributed by atoms with Crippen LogP contribution < -0.4 is 5.73 Å². The van der Waals surface area contributed by atoms with E-state index >= 15 is 0 Å². The van der Waals surface area contributed by atoms with Crippen molar-refractivity contribution in [3.63, 3.8) is 0 Å². The molecule has 0 fully saturated rings. The Balaban J connectivity index is 2.57. The largest absolute Gasteiger partial charge is 0.373 e. The smallest absolute Gasteiger partial charge is 0.0797 e. The van der Waals surface area contributed by atoms with Crippen LogP contribution in [0.3, 0.4) is 0 Å². The zero-order chi connectivity index (χ0) is 10.4. The Kier molecular flexibility index (Phi) is 4.63. The molecule has 0 spiro atoms. The molecule has 2 nitrogen and oxygen atoms in total. The third-order valence-corrected chi connectivity index (χ3v) is 2.34. The van der Waals surface area contributed by atoms with Gasteiger partial charge in [0.15, 0.2) is 0 Å². The molecule has 78 valence electrons. The Morgan fingerprint density at radius 3 is 2.43 bits per heavy atom. The van der Waals surface area contributed by atoms with E-state index in [2.05, 4.69) is 38.1 Å². The van der Waals surface area contributed by atoms with Crippen molar-refractivity contribution in [3.05, 3.63) is 35.4 Å². The van der Waals surface area contributed by atoms with Crippen LogP contribution in [0.5, 0.6) is 0 Å². The highest BCUT2D eigenvalue weighted by atomic mass is 16.5. The number of hydrogen-bond acceptors (Lipinski definition) is 2. The first kappa shape index (κ1) is 11.2. The molecular weight excluding hydrogens is 174 g/mol. The predicted octanol–water partition coefficient (Wildman–Crippen LogP) is 2.29. The van der Waals surface area contributed by atoms with Crippen LogP contribution in [-0.2, 0) is 11.2 Å². The fourth-order valence-corrected chi connectivity index (χ4v) is 1.37. The molecule has 2 N–H and O–H groups in total. The number of benzene rings is 1. The van der Waals surface area contributed by atoms with E-state index in [-0.39, 0.29) is 6.10 Å². The van der Waals surface area contributed by atoms with Gasteiger partial charge in [-0.1, -0.05) is 31.2 Å². The summed E-state index contributed by atoms with van der Waals surface area (Å²) < 4.78 is 5.53. The molecule has 1 atom stereocenters. The third-order valence-electron chi connectivity index (χ3n) is 2.34. The summed E-state index contributed by atoms with van der Waals surface area (Å²) in [5, 5.41) is 0. The molecule has 0 aromatic heterocycles. The van der Waals surface area contributed by atoms with Gasteiger partial charge < -0.3 is 10.5 Å². The van der Waals surface area contributed by atoms with E-state index in [0.717, 1.165) is 6.42 Å². The van der Waals surface area contributed by atoms with E-state index in [9.17, 15) is 0 Å². The Labute approximate surface area is 86.1 Å². The second-order valence-electron chi connectivity index (χ2n) is 3.40. The Morgan fingerprint density at radius 1 is 1.29 bits per heavy atom. The van der Waals surface area contributed by atoms with Crippen molar-refractivity contribution in [2.24, 2.45) is 5.73 Å². The summed E-state index contributed by atoms with van der Waals surface area (Å²) >= 11 is 0. The quantitative estimate of drug-likeness (QED) is 0.778. The lowest BCUT2D eigenvalue weighted by atomic mass is 10.1. The highest BCUT2D eigenvalue weighted by molar-refractivity contribution is 5.23. The Bertz CT molecular complexity index is 256. The molecule has 14 heavy (non-hydrogen) atoms. The molecule has 0 aliphatic carbocycles. The summed E-state index contributed by atoms with van der Waals surface area (Å²) in [6, 6.07) is 8.55. The number of aryl methyl sites for hydroxylation is 1. The minimum absolute atomic E-state index is 0.143. The van der Waals surface area contributed by atoms with Crippen molar-refractivity contribution in [3.8, 4) is 0 Å². The molecular formula is C12H19NO. The van der Waals surface area contributed by atoms with Crippen molar-refractivity contribution in [1.82, 2.24) is 0 Å². The Hall–Kier alpha value is -0.860. The van der Waals surface area contributed by atoms with Gasteiger partial charge >= 0.3 is 0 Å². The monoisotopic (exact) mass is 193 g/mol. The summed E-state index contributed by atoms with van der Waals surface area (Å²) in [7, 11) is 0. The van der Waals surface area contributed by atoms with E-state index in [1.54, 1.807) is 0 Å². The summed E-state index contributed by atoms with van der Waals surface area (Å²) in [6.07, 6.45) is 1.22. The van der Waals surface area contributed by atoms with Crippen LogP contribution in [0.4, 0.5) is 0 Å². The van der Waals surface area contributed by atoms with Gasteiger partial charge in [0, 0.05) is 6.54 Å². The lowest BCUT2D eigenvalue weighted by Gasteiger charge is -2.12. The van der Waals surface area contributed by atoms with Gasteiger partial charge in [0.1, 0.15) is 0 Å². The van der Waals surface area contributed by atoms with Crippen LogP contribution in [0.2, 0.25) is 0 Å². The molecule has 1 rings (SSSR count). The van der Waals surface area contributed by atoms with Crippen LogP contribution in [-0.4, -0.2) is 13.2 Å². The summed E-state index contributed by atoms with van der Waals surface area (Å²) in [5.41, 5.74) is 7.95. The average Bonchev–Trinajstić information content (AvgIpc) is 2.26. The fourth-order valence-electron chi connectivity index (χ4n) is 1.37. The van der Waals surface area contributed by atoms with Crippen molar-refractivity contribution >= 4 is 0 Å². The molecule has 1 aromatic carbocycles. The van der Waals surface area contributed by atoms with Crippen LogP contribution in [0.15, 0.2) is 24.3 Å². The SMILES string of the molecule is CCc1ccc([C@@H](C)OCCN)cc1. The highest BCUT2D eigenvalue weighted by Gasteiger charge is 2.04. The third kappa shape index (κ3) is 3.13. The molecule has 0 saturated heterocycles. The van der Waals surface area contributed by atoms with Crippen molar-refractivity contribution < 1.29 is 4.74 Å². The number of ether oxygens (including phenoxy) is 1. The summed E-state index contributed by atoms with van der Waals surface area (Å²) in [5.74, 6) is 0. The first-order valence-corrected chi connectivity index (χ1v) is 5.18. The molecule has 0 heterocycles. The second kappa shape index (κ2) is 5.78. The van der Waals surface area contributed by atoms with Crippen molar-refractivity contribution in [2.45, 2.75) is 26.4 Å². The lowest BCUT2D eigenvalue weighted by Crippen LogP contribution is -2.10. The molecule has 0 radical (unpaired) electrons. The predicted molar refractivity (Wildman–Crippen MR) is 59.2 cm³/mol. The van der Waals surface area contributed by atoms with Gasteiger partial charge in [-0.15, -0.1) is 0 Å². The van der Waals surface area contributed by atoms with E-state index in [0.29, 0.717) is 13.2 Å². The van der Waals surface area contributed by atoms with Crippen LogP contribution in [0.25, 0.3) is 0 Å². The van der Waals surface area contributed by atoms with Crippen molar-refractivity contribution in [1.29, 1.82) is 0 Å². The van der Waals surface area contributed by atoms with Gasteiger partial charge in [0.05, 0.1) is 12.7 Å². The van der Waals surface area contributed by atoms with Crippen LogP contribution in [0.1, 0.15) is 31.1 Å². The molecule has 0 unspecified atom stereocenters. The van der Waals surface area contributed by atoms with E-state index in [1.807, 2.05) is 0 Å².